The van der Waals surface area contributed by atoms with Gasteiger partial charge in [0.2, 0.25) is 0 Å². The van der Waals surface area contributed by atoms with Crippen molar-refractivity contribution in [2.75, 3.05) is 7.11 Å². The lowest BCUT2D eigenvalue weighted by molar-refractivity contribution is -0.140. The van der Waals surface area contributed by atoms with Gasteiger partial charge in [0.1, 0.15) is 6.17 Å². The number of benzene rings is 1. The van der Waals surface area contributed by atoms with Crippen molar-refractivity contribution in [3.63, 3.8) is 0 Å². The summed E-state index contributed by atoms with van der Waals surface area (Å²) in [6.07, 6.45) is -0.107. The van der Waals surface area contributed by atoms with Gasteiger partial charge in [0.15, 0.2) is 0 Å². The zero-order valence-corrected chi connectivity index (χ0v) is 12.0. The fourth-order valence-corrected chi connectivity index (χ4v) is 2.94. The van der Waals surface area contributed by atoms with Crippen LogP contribution in [-0.4, -0.2) is 19.3 Å². The fourth-order valence-electron chi connectivity index (χ4n) is 2.68. The molecule has 98 valence electrons. The van der Waals surface area contributed by atoms with Crippen LogP contribution >= 0.6 is 15.9 Å². The van der Waals surface area contributed by atoms with Crippen LogP contribution in [0.5, 0.6) is 0 Å². The van der Waals surface area contributed by atoms with Crippen molar-refractivity contribution in [2.24, 2.45) is 5.92 Å². The average molecular weight is 315 g/mol. The van der Waals surface area contributed by atoms with Gasteiger partial charge in [-0.2, -0.15) is 0 Å². The zero-order valence-electron chi connectivity index (χ0n) is 10.5. The van der Waals surface area contributed by atoms with E-state index in [4.69, 9.17) is 0 Å². The van der Waals surface area contributed by atoms with Gasteiger partial charge in [0.25, 0.3) is 0 Å². The molecular weight excluding hydrogens is 299 g/mol. The zero-order chi connectivity index (χ0) is 13.3. The van der Waals surface area contributed by atoms with Crippen molar-refractivity contribution in [3.8, 4) is 0 Å². The van der Waals surface area contributed by atoms with Crippen LogP contribution in [0.25, 0.3) is 0 Å². The first kappa shape index (κ1) is 13.5. The summed E-state index contributed by atoms with van der Waals surface area (Å²) >= 11 is 3.37. The molecule has 1 aromatic rings. The summed E-state index contributed by atoms with van der Waals surface area (Å²) in [6, 6.07) is 7.68. The Hall–Kier alpha value is -0.900. The maximum absolute atomic E-state index is 14.0. The second-order valence-corrected chi connectivity index (χ2v) is 5.73. The van der Waals surface area contributed by atoms with E-state index in [1.165, 1.54) is 7.11 Å². The topological polar surface area (TPSA) is 26.3 Å². The number of ether oxygens (including phenoxy) is 1. The van der Waals surface area contributed by atoms with Crippen molar-refractivity contribution < 1.29 is 13.9 Å². The molecule has 3 unspecified atom stereocenters. The molecule has 4 heteroatoms. The molecule has 0 heterocycles. The smallest absolute Gasteiger partial charge is 0.305 e. The first-order valence-corrected chi connectivity index (χ1v) is 6.78. The number of rotatable bonds is 4. The molecule has 1 aliphatic rings. The molecule has 0 saturated heterocycles. The number of halogens is 2. The van der Waals surface area contributed by atoms with E-state index in [-0.39, 0.29) is 18.3 Å². The molecule has 18 heavy (non-hydrogen) atoms. The van der Waals surface area contributed by atoms with Crippen LogP contribution in [0.15, 0.2) is 28.7 Å². The summed E-state index contributed by atoms with van der Waals surface area (Å²) < 4.78 is 19.6. The minimum atomic E-state index is -0.872. The Labute approximate surface area is 115 Å². The lowest BCUT2D eigenvalue weighted by atomic mass is 9.88. The molecule has 0 N–H and O–H groups in total. The van der Waals surface area contributed by atoms with E-state index in [1.54, 1.807) is 0 Å². The Morgan fingerprint density at radius 3 is 2.44 bits per heavy atom. The average Bonchev–Trinajstić information content (AvgIpc) is 2.91. The van der Waals surface area contributed by atoms with Crippen LogP contribution < -0.4 is 0 Å². The van der Waals surface area contributed by atoms with Crippen molar-refractivity contribution in [3.05, 3.63) is 34.3 Å². The number of hydrogen-bond acceptors (Lipinski definition) is 2. The number of carbonyl (C=O) groups is 1. The van der Waals surface area contributed by atoms with E-state index >= 15 is 0 Å². The van der Waals surface area contributed by atoms with Crippen LogP contribution in [-0.2, 0) is 14.9 Å². The molecule has 0 aliphatic heterocycles. The van der Waals surface area contributed by atoms with E-state index in [2.05, 4.69) is 20.7 Å². The third kappa shape index (κ3) is 2.18. The largest absolute Gasteiger partial charge is 0.469 e. The van der Waals surface area contributed by atoms with Gasteiger partial charge >= 0.3 is 5.97 Å². The predicted molar refractivity (Wildman–Crippen MR) is 71.1 cm³/mol. The van der Waals surface area contributed by atoms with Gasteiger partial charge < -0.3 is 4.74 Å². The molecule has 1 saturated carbocycles. The van der Waals surface area contributed by atoms with Gasteiger partial charge in [-0.05, 0) is 24.1 Å². The van der Waals surface area contributed by atoms with Crippen molar-refractivity contribution in [1.29, 1.82) is 0 Å². The highest BCUT2D eigenvalue weighted by atomic mass is 79.9. The molecule has 1 fully saturated rings. The van der Waals surface area contributed by atoms with Gasteiger partial charge in [0, 0.05) is 22.2 Å². The van der Waals surface area contributed by atoms with Crippen molar-refractivity contribution in [1.82, 2.24) is 0 Å². The van der Waals surface area contributed by atoms with Crippen molar-refractivity contribution >= 4 is 21.9 Å². The van der Waals surface area contributed by atoms with Gasteiger partial charge in [-0.3, -0.25) is 4.79 Å². The fraction of sp³-hybridized carbons (Fsp3) is 0.500. The van der Waals surface area contributed by atoms with Crippen LogP contribution in [0.1, 0.15) is 25.3 Å². The molecule has 0 bridgehead atoms. The third-order valence-electron chi connectivity index (χ3n) is 3.99. The molecule has 0 amide bonds. The van der Waals surface area contributed by atoms with E-state index in [1.807, 2.05) is 31.2 Å². The van der Waals surface area contributed by atoms with E-state index in [9.17, 15) is 9.18 Å². The minimum Gasteiger partial charge on any atom is -0.469 e. The maximum atomic E-state index is 14.0. The van der Waals surface area contributed by atoms with Crippen LogP contribution in [0.3, 0.4) is 0 Å². The number of hydrogen-bond donors (Lipinski definition) is 0. The molecule has 3 atom stereocenters. The molecule has 2 nitrogen and oxygen atoms in total. The Bertz CT molecular complexity index is 436. The summed E-state index contributed by atoms with van der Waals surface area (Å²) in [5.41, 5.74) is 0.462. The van der Waals surface area contributed by atoms with Gasteiger partial charge in [-0.1, -0.05) is 35.0 Å². The second kappa shape index (κ2) is 5.00. The molecule has 0 spiro atoms. The summed E-state index contributed by atoms with van der Waals surface area (Å²) in [5, 5.41) is 0. The molecule has 1 aromatic carbocycles. The molecule has 2 rings (SSSR count). The second-order valence-electron chi connectivity index (χ2n) is 4.81. The number of alkyl halides is 1. The Kier molecular flexibility index (Phi) is 3.76. The van der Waals surface area contributed by atoms with Gasteiger partial charge in [-0.25, -0.2) is 4.39 Å². The molecule has 0 aromatic heterocycles. The standard InChI is InChI=1S/C14H16BrFO2/c1-9-13(16)14(9,8-7-12(17)18-2)10-3-5-11(15)6-4-10/h3-6,9,13H,7-8H2,1-2H3. The van der Waals surface area contributed by atoms with E-state index in [0.29, 0.717) is 6.42 Å². The molecule has 1 aliphatic carbocycles. The first-order valence-electron chi connectivity index (χ1n) is 5.99. The summed E-state index contributed by atoms with van der Waals surface area (Å²) in [4.78, 5) is 11.2. The lowest BCUT2D eigenvalue weighted by Crippen LogP contribution is -2.15. The summed E-state index contributed by atoms with van der Waals surface area (Å²) in [7, 11) is 1.36. The van der Waals surface area contributed by atoms with E-state index in [0.717, 1.165) is 10.0 Å². The normalized spacial score (nSPS) is 30.0. The highest BCUT2D eigenvalue weighted by molar-refractivity contribution is 9.10. The van der Waals surface area contributed by atoms with Crippen molar-refractivity contribution in [2.45, 2.75) is 31.4 Å². The first-order chi connectivity index (χ1) is 8.52. The quantitative estimate of drug-likeness (QED) is 0.793. The van der Waals surface area contributed by atoms with Gasteiger partial charge in [-0.15, -0.1) is 0 Å². The number of esters is 1. The summed E-state index contributed by atoms with van der Waals surface area (Å²) in [6.45, 7) is 1.89. The van der Waals surface area contributed by atoms with E-state index < -0.39 is 11.6 Å². The molecular formula is C14H16BrFO2. The Balaban J connectivity index is 2.18. The SMILES string of the molecule is COC(=O)CCC1(c2ccc(Br)cc2)C(C)C1F. The van der Waals surface area contributed by atoms with Crippen LogP contribution in [0.4, 0.5) is 4.39 Å². The van der Waals surface area contributed by atoms with Gasteiger partial charge in [0.05, 0.1) is 7.11 Å². The molecule has 0 radical (unpaired) electrons. The third-order valence-corrected chi connectivity index (χ3v) is 4.52. The minimum absolute atomic E-state index is 0.0386. The lowest BCUT2D eigenvalue weighted by Gasteiger charge is -2.16. The Morgan fingerprint density at radius 1 is 1.44 bits per heavy atom. The number of carbonyl (C=O) groups excluding carboxylic acids is 1. The predicted octanol–water partition coefficient (Wildman–Crippen LogP) is 3.63. The highest BCUT2D eigenvalue weighted by Crippen LogP contribution is 2.59. The number of methoxy groups -OCH3 is 1. The highest BCUT2D eigenvalue weighted by Gasteiger charge is 2.63. The van der Waals surface area contributed by atoms with Crippen LogP contribution in [0, 0.1) is 5.92 Å². The van der Waals surface area contributed by atoms with Crippen LogP contribution in [0.2, 0.25) is 0 Å². The Morgan fingerprint density at radius 2 is 2.00 bits per heavy atom. The maximum Gasteiger partial charge on any atom is 0.305 e. The summed E-state index contributed by atoms with van der Waals surface area (Å²) in [5.74, 6) is -0.318. The monoisotopic (exact) mass is 314 g/mol.